The maximum absolute atomic E-state index is 13.3. The Morgan fingerprint density at radius 1 is 1.06 bits per heavy atom. The van der Waals surface area contributed by atoms with Gasteiger partial charge in [0.15, 0.2) is 0 Å². The zero-order valence-corrected chi connectivity index (χ0v) is 20.8. The number of hydrogen-bond donors (Lipinski definition) is 0. The number of halogens is 3. The third-order valence-electron chi connectivity index (χ3n) is 5.63. The second-order valence-electron chi connectivity index (χ2n) is 8.70. The fraction of sp³-hybridized carbons (Fsp3) is 0.348. The van der Waals surface area contributed by atoms with E-state index in [2.05, 4.69) is 50.1 Å². The number of ether oxygens (including phenoxy) is 1. The number of benzene rings is 2. The molecule has 1 aliphatic heterocycles. The van der Waals surface area contributed by atoms with E-state index in [9.17, 15) is 8.78 Å². The molecule has 0 saturated heterocycles. The van der Waals surface area contributed by atoms with Crippen LogP contribution >= 0.6 is 22.6 Å². The van der Waals surface area contributed by atoms with Crippen molar-refractivity contribution in [2.45, 2.75) is 44.9 Å². The first kappa shape index (κ1) is 22.4. The Morgan fingerprint density at radius 3 is 2.10 bits per heavy atom. The van der Waals surface area contributed by atoms with Gasteiger partial charge in [-0.25, -0.2) is 13.5 Å². The first-order chi connectivity index (χ1) is 14.7. The maximum Gasteiger partial charge on any atom is 0.283 e. The number of aromatic nitrogens is 2. The summed E-state index contributed by atoms with van der Waals surface area (Å²) in [5, 5.41) is 6.27. The molecule has 0 N–H and O–H groups in total. The fourth-order valence-electron chi connectivity index (χ4n) is 4.27. The highest BCUT2D eigenvalue weighted by atomic mass is 127. The quantitative estimate of drug-likeness (QED) is 0.337. The summed E-state index contributed by atoms with van der Waals surface area (Å²) in [5.41, 5.74) is -0.235. The summed E-state index contributed by atoms with van der Waals surface area (Å²) in [6.07, 6.45) is -2.94. The Morgan fingerprint density at radius 2 is 1.61 bits per heavy atom. The molecule has 1 aliphatic rings. The van der Waals surface area contributed by atoms with Gasteiger partial charge in [0.2, 0.25) is 5.88 Å². The van der Waals surface area contributed by atoms with Crippen LogP contribution in [0.4, 0.5) is 8.78 Å². The minimum atomic E-state index is -2.76. The summed E-state index contributed by atoms with van der Waals surface area (Å²) < 4.78 is 41.5. The average molecular weight is 554 g/mol. The minimum Gasteiger partial charge on any atom is -0.474 e. The molecule has 0 amide bonds. The molecule has 8 heteroatoms. The minimum absolute atomic E-state index is 0.178. The molecule has 2 heterocycles. The molecule has 4 rings (SSSR count). The summed E-state index contributed by atoms with van der Waals surface area (Å²) in [4.78, 5) is 0. The van der Waals surface area contributed by atoms with E-state index in [1.54, 1.807) is 0 Å². The molecule has 2 aromatic carbocycles. The lowest BCUT2D eigenvalue weighted by molar-refractivity contribution is 0.0656. The zero-order valence-electron chi connectivity index (χ0n) is 17.7. The topological polar surface area (TPSA) is 36.3 Å². The summed E-state index contributed by atoms with van der Waals surface area (Å²) in [7, 11) is -2.76. The highest BCUT2D eigenvalue weighted by Gasteiger charge is 2.52. The smallest absolute Gasteiger partial charge is 0.283 e. The average Bonchev–Trinajstić information content (AvgIpc) is 3.08. The van der Waals surface area contributed by atoms with Crippen LogP contribution in [0, 0.1) is 3.57 Å². The van der Waals surface area contributed by atoms with Gasteiger partial charge in [-0.05, 0) is 38.0 Å². The van der Waals surface area contributed by atoms with Crippen molar-refractivity contribution in [1.82, 2.24) is 9.78 Å². The van der Waals surface area contributed by atoms with Gasteiger partial charge in [0.05, 0.1) is 12.6 Å². The molecule has 0 bridgehead atoms. The lowest BCUT2D eigenvalue weighted by Gasteiger charge is -2.45. The van der Waals surface area contributed by atoms with E-state index in [-0.39, 0.29) is 16.8 Å². The predicted molar refractivity (Wildman–Crippen MR) is 128 cm³/mol. The van der Waals surface area contributed by atoms with Gasteiger partial charge in [0.1, 0.15) is 15.9 Å². The lowest BCUT2D eigenvalue weighted by atomic mass is 10.2. The van der Waals surface area contributed by atoms with E-state index >= 15 is 0 Å². The number of rotatable bonds is 5. The molecule has 0 spiro atoms. The molecule has 1 aromatic heterocycles. The second-order valence-corrected chi connectivity index (χ2v) is 14.0. The van der Waals surface area contributed by atoms with Crippen molar-refractivity contribution in [3.05, 3.63) is 69.9 Å². The first-order valence-corrected chi connectivity index (χ1v) is 13.2. The fourth-order valence-corrected chi connectivity index (χ4v) is 9.71. The number of fused-ring (bicyclic) bond motifs is 1. The number of alkyl halides is 2. The van der Waals surface area contributed by atoms with E-state index < -0.39 is 14.7 Å². The highest BCUT2D eigenvalue weighted by Crippen LogP contribution is 2.39. The molecule has 0 radical (unpaired) electrons. The molecule has 31 heavy (non-hydrogen) atoms. The molecule has 4 nitrogen and oxygen atoms in total. The molecule has 0 aliphatic carbocycles. The van der Waals surface area contributed by atoms with Gasteiger partial charge in [-0.15, -0.1) is 0 Å². The number of hydrogen-bond acceptors (Lipinski definition) is 3. The van der Waals surface area contributed by atoms with Gasteiger partial charge >= 0.3 is 0 Å². The van der Waals surface area contributed by atoms with E-state index in [1.807, 2.05) is 59.0 Å². The van der Waals surface area contributed by atoms with Crippen molar-refractivity contribution in [2.24, 2.45) is 0 Å². The van der Waals surface area contributed by atoms with E-state index in [4.69, 9.17) is 9.16 Å². The molecular formula is C23H25F2IN2O2Si. The normalized spacial score (nSPS) is 16.8. The molecule has 0 fully saturated rings. The Bertz CT molecular complexity index is 999. The SMILES string of the molecule is CC(C)(C)[Si](O[C@@H]1COc2c(I)c(C(F)F)nn2C1)(c1ccccc1)c1ccccc1. The molecule has 3 aromatic rings. The van der Waals surface area contributed by atoms with Gasteiger partial charge in [0.25, 0.3) is 14.7 Å². The second kappa shape index (κ2) is 8.63. The Kier molecular flexibility index (Phi) is 6.24. The third kappa shape index (κ3) is 4.05. The molecular weight excluding hydrogens is 529 g/mol. The van der Waals surface area contributed by atoms with Crippen molar-refractivity contribution >= 4 is 41.3 Å². The van der Waals surface area contributed by atoms with Crippen LogP contribution in [0.25, 0.3) is 0 Å². The maximum atomic E-state index is 13.3. The monoisotopic (exact) mass is 554 g/mol. The summed E-state index contributed by atoms with van der Waals surface area (Å²) in [5.74, 6) is 0.401. The summed E-state index contributed by atoms with van der Waals surface area (Å²) in [6, 6.07) is 20.7. The van der Waals surface area contributed by atoms with Crippen molar-refractivity contribution in [2.75, 3.05) is 6.61 Å². The van der Waals surface area contributed by atoms with Crippen LogP contribution in [0.2, 0.25) is 5.04 Å². The molecule has 0 unspecified atom stereocenters. The van der Waals surface area contributed by atoms with Crippen LogP contribution in [0.15, 0.2) is 60.7 Å². The van der Waals surface area contributed by atoms with Gasteiger partial charge in [-0.3, -0.25) is 0 Å². The third-order valence-corrected chi connectivity index (χ3v) is 11.7. The molecule has 1 atom stereocenters. The van der Waals surface area contributed by atoms with E-state index in [1.165, 1.54) is 15.1 Å². The standard InChI is InChI=1S/C23H25F2IN2O2Si/c1-23(2,3)31(17-10-6-4-7-11-17,18-12-8-5-9-13-18)30-16-14-28-22(29-15-16)19(26)20(27-28)21(24)25/h4-13,16,21H,14-15H2,1-3H3/t16-/m0/s1. The van der Waals surface area contributed by atoms with E-state index in [0.717, 1.165) is 0 Å². The number of nitrogens with zero attached hydrogens (tertiary/aromatic N) is 2. The van der Waals surface area contributed by atoms with Gasteiger partial charge < -0.3 is 9.16 Å². The Balaban J connectivity index is 1.77. The highest BCUT2D eigenvalue weighted by molar-refractivity contribution is 14.1. The molecule has 0 saturated carbocycles. The van der Waals surface area contributed by atoms with Gasteiger partial charge in [-0.2, -0.15) is 5.10 Å². The van der Waals surface area contributed by atoms with Crippen LogP contribution < -0.4 is 15.1 Å². The van der Waals surface area contributed by atoms with Crippen LogP contribution in [-0.4, -0.2) is 30.8 Å². The van der Waals surface area contributed by atoms with Crippen LogP contribution in [0.5, 0.6) is 5.88 Å². The van der Waals surface area contributed by atoms with Crippen molar-refractivity contribution in [3.63, 3.8) is 0 Å². The van der Waals surface area contributed by atoms with Crippen molar-refractivity contribution in [3.8, 4) is 5.88 Å². The summed E-state index contributed by atoms with van der Waals surface area (Å²) >= 11 is 1.88. The van der Waals surface area contributed by atoms with E-state index in [0.29, 0.717) is 22.6 Å². The first-order valence-electron chi connectivity index (χ1n) is 10.2. The Hall–Kier alpha value is -1.78. The van der Waals surface area contributed by atoms with Crippen LogP contribution in [0.3, 0.4) is 0 Å². The Labute approximate surface area is 195 Å². The lowest BCUT2D eigenvalue weighted by Crippen LogP contribution is -2.68. The summed E-state index contributed by atoms with van der Waals surface area (Å²) in [6.45, 7) is 7.30. The largest absolute Gasteiger partial charge is 0.474 e. The molecule has 164 valence electrons. The predicted octanol–water partition coefficient (Wildman–Crippen LogP) is 4.76. The van der Waals surface area contributed by atoms with Crippen LogP contribution in [-0.2, 0) is 11.0 Å². The van der Waals surface area contributed by atoms with Gasteiger partial charge in [0, 0.05) is 0 Å². The van der Waals surface area contributed by atoms with Gasteiger partial charge in [-0.1, -0.05) is 81.4 Å². The zero-order chi connectivity index (χ0) is 22.2. The van der Waals surface area contributed by atoms with Crippen LogP contribution in [0.1, 0.15) is 32.9 Å². The van der Waals surface area contributed by atoms with Crippen molar-refractivity contribution < 1.29 is 17.9 Å². The van der Waals surface area contributed by atoms with Crippen molar-refractivity contribution in [1.29, 1.82) is 0 Å².